The van der Waals surface area contributed by atoms with Gasteiger partial charge in [-0.15, -0.1) is 11.8 Å². The van der Waals surface area contributed by atoms with Crippen molar-refractivity contribution in [1.29, 1.82) is 0 Å². The van der Waals surface area contributed by atoms with E-state index in [-0.39, 0.29) is 30.2 Å². The predicted octanol–water partition coefficient (Wildman–Crippen LogP) is 7.79. The number of hydrogen-bond acceptors (Lipinski definition) is 3. The van der Waals surface area contributed by atoms with Crippen LogP contribution in [0.1, 0.15) is 56.6 Å². The Balaban J connectivity index is 1.77. The minimum Gasteiger partial charge on any atom is -0.352 e. The summed E-state index contributed by atoms with van der Waals surface area (Å²) >= 11 is 26.8. The lowest BCUT2D eigenvalue weighted by Crippen LogP contribution is -2.52. The van der Waals surface area contributed by atoms with Gasteiger partial charge in [0, 0.05) is 44.0 Å². The van der Waals surface area contributed by atoms with E-state index < -0.39 is 6.04 Å². The molecule has 9 heteroatoms. The molecule has 0 radical (unpaired) electrons. The highest BCUT2D eigenvalue weighted by Crippen LogP contribution is 2.30. The van der Waals surface area contributed by atoms with Gasteiger partial charge in [-0.1, -0.05) is 84.7 Å². The van der Waals surface area contributed by atoms with Crippen LogP contribution in [0, 0.1) is 0 Å². The van der Waals surface area contributed by atoms with E-state index in [0.29, 0.717) is 37.8 Å². The Labute approximate surface area is 232 Å². The van der Waals surface area contributed by atoms with Crippen molar-refractivity contribution >= 4 is 70.0 Å². The Morgan fingerprint density at radius 2 is 1.49 bits per heavy atom. The van der Waals surface area contributed by atoms with E-state index in [4.69, 9.17) is 46.4 Å². The van der Waals surface area contributed by atoms with Crippen LogP contribution in [0.3, 0.4) is 0 Å². The van der Waals surface area contributed by atoms with E-state index in [0.717, 1.165) is 31.2 Å². The third kappa shape index (κ3) is 7.93. The molecule has 1 saturated carbocycles. The molecule has 1 aliphatic carbocycles. The van der Waals surface area contributed by atoms with Crippen LogP contribution >= 0.6 is 58.2 Å². The monoisotopic (exact) mass is 574 g/mol. The highest BCUT2D eigenvalue weighted by atomic mass is 35.5. The molecule has 4 nitrogen and oxygen atoms in total. The van der Waals surface area contributed by atoms with E-state index >= 15 is 0 Å². The summed E-state index contributed by atoms with van der Waals surface area (Å²) in [6.07, 6.45) is 5.85. The van der Waals surface area contributed by atoms with E-state index in [1.165, 1.54) is 18.2 Å². The Morgan fingerprint density at radius 3 is 2.03 bits per heavy atom. The number of nitrogens with zero attached hydrogens (tertiary/aromatic N) is 1. The van der Waals surface area contributed by atoms with Gasteiger partial charge in [0.2, 0.25) is 11.8 Å². The molecule has 1 aliphatic rings. The lowest BCUT2D eigenvalue weighted by Gasteiger charge is -2.33. The summed E-state index contributed by atoms with van der Waals surface area (Å²) in [5.74, 6) is 0.349. The third-order valence-corrected chi connectivity index (χ3v) is 8.62. The second kappa shape index (κ2) is 14.0. The van der Waals surface area contributed by atoms with Crippen molar-refractivity contribution in [1.82, 2.24) is 10.2 Å². The van der Waals surface area contributed by atoms with Crippen molar-refractivity contribution in [3.05, 3.63) is 67.6 Å². The molecule has 190 valence electrons. The summed E-state index contributed by atoms with van der Waals surface area (Å²) < 4.78 is 0. The zero-order chi connectivity index (χ0) is 25.4. The molecule has 0 spiro atoms. The van der Waals surface area contributed by atoms with Crippen LogP contribution < -0.4 is 5.32 Å². The first kappa shape index (κ1) is 28.5. The molecule has 0 saturated heterocycles. The summed E-state index contributed by atoms with van der Waals surface area (Å²) in [5, 5.41) is 5.24. The molecule has 2 aromatic rings. The molecule has 1 unspecified atom stereocenters. The number of halogens is 4. The number of nitrogens with one attached hydrogen (secondary N) is 1. The zero-order valence-corrected chi connectivity index (χ0v) is 23.5. The van der Waals surface area contributed by atoms with Gasteiger partial charge >= 0.3 is 0 Å². The predicted molar refractivity (Wildman–Crippen MR) is 149 cm³/mol. The Morgan fingerprint density at radius 1 is 0.943 bits per heavy atom. The minimum absolute atomic E-state index is 0.130. The summed E-state index contributed by atoms with van der Waals surface area (Å²) in [4.78, 5) is 28.4. The molecule has 2 aromatic carbocycles. The Hall–Kier alpha value is -1.11. The van der Waals surface area contributed by atoms with Gasteiger partial charge in [0.1, 0.15) is 6.04 Å². The second-order valence-electron chi connectivity index (χ2n) is 8.68. The molecule has 35 heavy (non-hydrogen) atoms. The minimum atomic E-state index is -0.624. The zero-order valence-electron chi connectivity index (χ0n) is 19.7. The quantitative estimate of drug-likeness (QED) is 0.314. The fraction of sp³-hybridized carbons (Fsp3) is 0.462. The molecule has 0 bridgehead atoms. The number of carbonyl (C=O) groups is 2. The SMILES string of the molecule is CCC(C(=O)NC1CCCCC1)N(Cc1c(Cl)cccc1Cl)C(=O)CSCc1c(Cl)cccc1Cl. The maximum atomic E-state index is 13.5. The van der Waals surface area contributed by atoms with Crippen LogP contribution in [0.4, 0.5) is 0 Å². The second-order valence-corrected chi connectivity index (χ2v) is 11.3. The topological polar surface area (TPSA) is 49.4 Å². The van der Waals surface area contributed by atoms with Gasteiger partial charge in [0.05, 0.1) is 5.75 Å². The van der Waals surface area contributed by atoms with Crippen LogP contribution in [0.25, 0.3) is 0 Å². The fourth-order valence-electron chi connectivity index (χ4n) is 4.31. The molecule has 0 aliphatic heterocycles. The van der Waals surface area contributed by atoms with Gasteiger partial charge in [0.25, 0.3) is 0 Å². The van der Waals surface area contributed by atoms with Crippen molar-refractivity contribution < 1.29 is 9.59 Å². The molecule has 1 fully saturated rings. The fourth-order valence-corrected chi connectivity index (χ4v) is 6.48. The molecule has 3 rings (SSSR count). The summed E-state index contributed by atoms with van der Waals surface area (Å²) in [7, 11) is 0. The van der Waals surface area contributed by atoms with Crippen LogP contribution in [-0.4, -0.2) is 34.6 Å². The van der Waals surface area contributed by atoms with Crippen molar-refractivity contribution in [3.63, 3.8) is 0 Å². The first-order chi connectivity index (χ1) is 16.8. The van der Waals surface area contributed by atoms with E-state index in [9.17, 15) is 9.59 Å². The van der Waals surface area contributed by atoms with Crippen LogP contribution in [0.2, 0.25) is 20.1 Å². The van der Waals surface area contributed by atoms with Crippen molar-refractivity contribution in [2.75, 3.05) is 5.75 Å². The van der Waals surface area contributed by atoms with Gasteiger partial charge < -0.3 is 10.2 Å². The molecule has 0 heterocycles. The lowest BCUT2D eigenvalue weighted by molar-refractivity contribution is -0.139. The highest BCUT2D eigenvalue weighted by Gasteiger charge is 2.31. The van der Waals surface area contributed by atoms with Gasteiger partial charge in [-0.2, -0.15) is 0 Å². The molecular weight excluding hydrogens is 546 g/mol. The van der Waals surface area contributed by atoms with Crippen molar-refractivity contribution in [3.8, 4) is 0 Å². The first-order valence-electron chi connectivity index (χ1n) is 11.8. The summed E-state index contributed by atoms with van der Waals surface area (Å²) in [6, 6.07) is 10.1. The van der Waals surface area contributed by atoms with Gasteiger partial charge in [-0.3, -0.25) is 9.59 Å². The lowest BCUT2D eigenvalue weighted by atomic mass is 9.95. The smallest absolute Gasteiger partial charge is 0.243 e. The number of hydrogen-bond donors (Lipinski definition) is 1. The van der Waals surface area contributed by atoms with Crippen molar-refractivity contribution in [2.24, 2.45) is 0 Å². The van der Waals surface area contributed by atoms with Gasteiger partial charge in [0.15, 0.2) is 0 Å². The Kier molecular flexibility index (Phi) is 11.4. The highest BCUT2D eigenvalue weighted by molar-refractivity contribution is 7.99. The van der Waals surface area contributed by atoms with E-state index in [2.05, 4.69) is 5.32 Å². The molecule has 2 amide bonds. The van der Waals surface area contributed by atoms with Crippen molar-refractivity contribution in [2.45, 2.75) is 69.8 Å². The number of amides is 2. The average Bonchev–Trinajstić information content (AvgIpc) is 2.83. The molecule has 0 aromatic heterocycles. The first-order valence-corrected chi connectivity index (χ1v) is 14.5. The van der Waals surface area contributed by atoms with Gasteiger partial charge in [-0.05, 0) is 49.1 Å². The molecular formula is C26H30Cl4N2O2S. The standard InChI is InChI=1S/C26H30Cl4N2O2S/c1-2-24(26(34)31-17-8-4-3-5-9-17)32(14-18-20(27)10-6-11-21(18)28)25(33)16-35-15-19-22(29)12-7-13-23(19)30/h6-7,10-13,17,24H,2-5,8-9,14-16H2,1H3,(H,31,34). The van der Waals surface area contributed by atoms with E-state index in [1.54, 1.807) is 41.3 Å². The third-order valence-electron chi connectivity index (χ3n) is 6.26. The van der Waals surface area contributed by atoms with Crippen LogP contribution in [-0.2, 0) is 21.9 Å². The summed E-state index contributed by atoms with van der Waals surface area (Å²) in [5.41, 5.74) is 1.42. The number of benzene rings is 2. The largest absolute Gasteiger partial charge is 0.352 e. The number of thioether (sulfide) groups is 1. The normalized spacial score (nSPS) is 15.0. The summed E-state index contributed by atoms with van der Waals surface area (Å²) in [6.45, 7) is 2.07. The average molecular weight is 576 g/mol. The van der Waals surface area contributed by atoms with E-state index in [1.807, 2.05) is 6.92 Å². The van der Waals surface area contributed by atoms with Crippen LogP contribution in [0.5, 0.6) is 0 Å². The molecule has 1 N–H and O–H groups in total. The Bertz CT molecular complexity index is 990. The maximum absolute atomic E-state index is 13.5. The molecule has 1 atom stereocenters. The number of rotatable bonds is 10. The van der Waals surface area contributed by atoms with Gasteiger partial charge in [-0.25, -0.2) is 0 Å². The number of carbonyl (C=O) groups excluding carboxylic acids is 2. The van der Waals surface area contributed by atoms with Crippen LogP contribution in [0.15, 0.2) is 36.4 Å². The maximum Gasteiger partial charge on any atom is 0.243 e.